The SMILES string of the molecule is CC1(C)c2c[c-]c(-c3ccccn3)cc2-c2ccc3ccccc3c21.[Ir].[c-]1ccccc1-c1ccccn1. The van der Waals surface area contributed by atoms with Crippen LogP contribution in [-0.2, 0) is 25.5 Å². The van der Waals surface area contributed by atoms with Crippen LogP contribution in [0.5, 0.6) is 0 Å². The quantitative estimate of drug-likeness (QED) is 0.173. The number of hydrogen-bond acceptors (Lipinski definition) is 2. The van der Waals surface area contributed by atoms with Gasteiger partial charge in [0.15, 0.2) is 0 Å². The van der Waals surface area contributed by atoms with Gasteiger partial charge in [-0.1, -0.05) is 80.1 Å². The predicted octanol–water partition coefficient (Wildman–Crippen LogP) is 8.55. The molecule has 187 valence electrons. The van der Waals surface area contributed by atoms with Crippen LogP contribution in [0.1, 0.15) is 25.0 Å². The number of hydrogen-bond donors (Lipinski definition) is 0. The van der Waals surface area contributed by atoms with Crippen molar-refractivity contribution in [1.82, 2.24) is 9.97 Å². The van der Waals surface area contributed by atoms with Crippen LogP contribution in [0, 0.1) is 12.1 Å². The van der Waals surface area contributed by atoms with Gasteiger partial charge in [0.2, 0.25) is 0 Å². The van der Waals surface area contributed by atoms with Crippen molar-refractivity contribution in [2.75, 3.05) is 0 Å². The maximum Gasteiger partial charge on any atom is 0.0160 e. The molecule has 0 atom stereocenters. The normalized spacial score (nSPS) is 12.5. The molecule has 7 rings (SSSR count). The van der Waals surface area contributed by atoms with Gasteiger partial charge in [-0.25, -0.2) is 0 Å². The van der Waals surface area contributed by atoms with Crippen LogP contribution >= 0.6 is 0 Å². The molecule has 2 heterocycles. The van der Waals surface area contributed by atoms with Crippen LogP contribution in [0.3, 0.4) is 0 Å². The van der Waals surface area contributed by atoms with Crippen molar-refractivity contribution in [2.45, 2.75) is 19.3 Å². The van der Waals surface area contributed by atoms with Crippen LogP contribution in [0.2, 0.25) is 0 Å². The molecule has 0 bridgehead atoms. The first kappa shape index (κ1) is 25.7. The van der Waals surface area contributed by atoms with Crippen molar-refractivity contribution in [3.8, 4) is 33.6 Å². The third kappa shape index (κ3) is 4.72. The fourth-order valence-electron chi connectivity index (χ4n) is 5.28. The van der Waals surface area contributed by atoms with E-state index in [1.54, 1.807) is 6.20 Å². The average molecular weight is 667 g/mol. The Morgan fingerprint density at radius 2 is 1.32 bits per heavy atom. The minimum absolute atomic E-state index is 0. The zero-order valence-corrected chi connectivity index (χ0v) is 23.7. The fraction of sp³-hybridized carbons (Fsp3) is 0.0857. The topological polar surface area (TPSA) is 25.8 Å². The van der Waals surface area contributed by atoms with E-state index in [9.17, 15) is 0 Å². The van der Waals surface area contributed by atoms with Gasteiger partial charge in [0, 0.05) is 32.5 Å². The van der Waals surface area contributed by atoms with Crippen LogP contribution < -0.4 is 0 Å². The smallest absolute Gasteiger partial charge is 0.0160 e. The summed E-state index contributed by atoms with van der Waals surface area (Å²) in [5, 5.41) is 2.65. The van der Waals surface area contributed by atoms with E-state index >= 15 is 0 Å². The summed E-state index contributed by atoms with van der Waals surface area (Å²) in [6, 6.07) is 43.9. The van der Waals surface area contributed by atoms with E-state index in [0.717, 1.165) is 22.5 Å². The molecule has 6 aromatic rings. The van der Waals surface area contributed by atoms with E-state index in [1.165, 1.54) is 33.0 Å². The van der Waals surface area contributed by atoms with Gasteiger partial charge < -0.3 is 9.97 Å². The number of benzene rings is 4. The molecule has 0 saturated heterocycles. The Morgan fingerprint density at radius 1 is 0.632 bits per heavy atom. The molecule has 4 aromatic carbocycles. The maximum absolute atomic E-state index is 4.49. The largest absolute Gasteiger partial charge is 0.305 e. The summed E-state index contributed by atoms with van der Waals surface area (Å²) < 4.78 is 0. The molecule has 2 aromatic heterocycles. The number of nitrogens with zero attached hydrogens (tertiary/aromatic N) is 2. The van der Waals surface area contributed by atoms with Crippen molar-refractivity contribution < 1.29 is 20.1 Å². The molecule has 0 spiro atoms. The van der Waals surface area contributed by atoms with Gasteiger partial charge in [-0.15, -0.1) is 65.2 Å². The van der Waals surface area contributed by atoms with Gasteiger partial charge in [-0.2, -0.15) is 0 Å². The van der Waals surface area contributed by atoms with E-state index in [0.29, 0.717) is 0 Å². The second kappa shape index (κ2) is 10.8. The third-order valence-corrected chi connectivity index (χ3v) is 7.06. The van der Waals surface area contributed by atoms with Crippen LogP contribution in [0.4, 0.5) is 0 Å². The first-order valence-corrected chi connectivity index (χ1v) is 12.5. The molecule has 1 aliphatic carbocycles. The summed E-state index contributed by atoms with van der Waals surface area (Å²) in [7, 11) is 0. The van der Waals surface area contributed by atoms with Crippen LogP contribution in [-0.4, -0.2) is 9.97 Å². The van der Waals surface area contributed by atoms with Gasteiger partial charge in [-0.05, 0) is 50.8 Å². The monoisotopic (exact) mass is 667 g/mol. The van der Waals surface area contributed by atoms with Gasteiger partial charge >= 0.3 is 0 Å². The maximum atomic E-state index is 4.49. The van der Waals surface area contributed by atoms with Gasteiger partial charge in [0.05, 0.1) is 0 Å². The molecule has 2 nitrogen and oxygen atoms in total. The molecule has 0 aliphatic heterocycles. The Hall–Kier alpha value is -3.91. The van der Waals surface area contributed by atoms with Crippen LogP contribution in [0.15, 0.2) is 122 Å². The van der Waals surface area contributed by atoms with Crippen molar-refractivity contribution in [2.24, 2.45) is 0 Å². The minimum atomic E-state index is -0.0231. The number of aromatic nitrogens is 2. The van der Waals surface area contributed by atoms with Gasteiger partial charge in [0.25, 0.3) is 0 Å². The molecule has 3 heteroatoms. The Kier molecular flexibility index (Phi) is 7.33. The van der Waals surface area contributed by atoms with E-state index < -0.39 is 0 Å². The Balaban J connectivity index is 0.000000191. The molecule has 1 radical (unpaired) electrons. The van der Waals surface area contributed by atoms with Crippen molar-refractivity contribution in [1.29, 1.82) is 0 Å². The first-order valence-electron chi connectivity index (χ1n) is 12.5. The van der Waals surface area contributed by atoms with Crippen LogP contribution in [0.25, 0.3) is 44.4 Å². The average Bonchev–Trinajstić information content (AvgIpc) is 3.21. The van der Waals surface area contributed by atoms with Gasteiger partial charge in [-0.3, -0.25) is 0 Å². The molecule has 0 amide bonds. The first-order chi connectivity index (χ1) is 18.1. The molecule has 0 unspecified atom stereocenters. The minimum Gasteiger partial charge on any atom is -0.305 e. The molecule has 1 aliphatic rings. The molecule has 0 N–H and O–H groups in total. The van der Waals surface area contributed by atoms with Crippen molar-refractivity contribution >= 4 is 10.8 Å². The molecule has 0 fully saturated rings. The zero-order chi connectivity index (χ0) is 25.2. The second-order valence-corrected chi connectivity index (χ2v) is 9.71. The van der Waals surface area contributed by atoms with E-state index in [4.69, 9.17) is 0 Å². The number of fused-ring (bicyclic) bond motifs is 5. The standard InChI is InChI=1S/C24H18N.C11H8N.Ir/c1-24(2)21-13-11-17(22-9-5-6-14-25-22)15-20(21)19-12-10-16-7-3-4-8-18(16)23(19)24;1-2-6-10(7-3-1)11-8-4-5-9-12-11;/h3-10,12-15H,1-2H3;1-6,8-9H;/q2*-1;. The molecular formula is C35H26IrN2-2. The Bertz CT molecular complexity index is 1640. The summed E-state index contributed by atoms with van der Waals surface area (Å²) in [4.78, 5) is 8.70. The predicted molar refractivity (Wildman–Crippen MR) is 152 cm³/mol. The fourth-order valence-corrected chi connectivity index (χ4v) is 5.28. The summed E-state index contributed by atoms with van der Waals surface area (Å²) in [6.07, 6.45) is 3.62. The summed E-state index contributed by atoms with van der Waals surface area (Å²) in [5.74, 6) is 0. The second-order valence-electron chi connectivity index (χ2n) is 9.71. The van der Waals surface area contributed by atoms with Crippen molar-refractivity contribution in [3.63, 3.8) is 0 Å². The zero-order valence-electron chi connectivity index (χ0n) is 21.3. The third-order valence-electron chi connectivity index (χ3n) is 7.06. The van der Waals surface area contributed by atoms with E-state index in [-0.39, 0.29) is 25.5 Å². The van der Waals surface area contributed by atoms with Gasteiger partial charge in [0.1, 0.15) is 0 Å². The van der Waals surface area contributed by atoms with Crippen molar-refractivity contribution in [3.05, 3.63) is 145 Å². The number of pyridine rings is 2. The number of rotatable bonds is 2. The summed E-state index contributed by atoms with van der Waals surface area (Å²) in [5.41, 5.74) is 9.43. The van der Waals surface area contributed by atoms with E-state index in [2.05, 4.69) is 84.5 Å². The summed E-state index contributed by atoms with van der Waals surface area (Å²) in [6.45, 7) is 4.64. The molecular weight excluding hydrogens is 641 g/mol. The molecule has 38 heavy (non-hydrogen) atoms. The summed E-state index contributed by atoms with van der Waals surface area (Å²) >= 11 is 0. The Morgan fingerprint density at radius 3 is 2.00 bits per heavy atom. The Labute approximate surface area is 237 Å². The molecule has 0 saturated carbocycles. The van der Waals surface area contributed by atoms with E-state index in [1.807, 2.05) is 66.9 Å².